The molecule has 7 nitrogen and oxygen atoms in total. The molecule has 0 saturated carbocycles. The van der Waals surface area contributed by atoms with Crippen molar-refractivity contribution in [3.8, 4) is 11.5 Å². The fourth-order valence-electron chi connectivity index (χ4n) is 3.75. The largest absolute Gasteiger partial charge is 0.490 e. The molecule has 1 aliphatic heterocycles. The zero-order valence-electron chi connectivity index (χ0n) is 19.2. The lowest BCUT2D eigenvalue weighted by molar-refractivity contribution is -0.131. The second-order valence-electron chi connectivity index (χ2n) is 7.79. The van der Waals surface area contributed by atoms with Gasteiger partial charge in [-0.2, -0.15) is 0 Å². The molecule has 7 heteroatoms. The standard InChI is InChI=1S/C25H33N3O4/c1-4-31-22-11-10-20(16-23(22)32-5-2)25(30)26-17-24(29)28-14-12-27(13-15-28)18-21-9-7-6-8-19(21)3/h6-11,16H,4-5,12-15,17-18H2,1-3H3,(H,26,30). The summed E-state index contributed by atoms with van der Waals surface area (Å²) in [6.45, 7) is 10.7. The van der Waals surface area contributed by atoms with E-state index in [-0.39, 0.29) is 18.4 Å². The number of ether oxygens (including phenoxy) is 2. The number of hydrogen-bond donors (Lipinski definition) is 1. The van der Waals surface area contributed by atoms with E-state index in [4.69, 9.17) is 9.47 Å². The first-order chi connectivity index (χ1) is 15.5. The maximum atomic E-state index is 12.6. The molecule has 1 fully saturated rings. The Labute approximate surface area is 190 Å². The topological polar surface area (TPSA) is 71.1 Å². The van der Waals surface area contributed by atoms with Crippen LogP contribution in [0, 0.1) is 6.92 Å². The summed E-state index contributed by atoms with van der Waals surface area (Å²) in [5, 5.41) is 2.74. The van der Waals surface area contributed by atoms with E-state index in [9.17, 15) is 9.59 Å². The molecule has 2 aromatic carbocycles. The predicted octanol–water partition coefficient (Wildman–Crippen LogP) is 2.87. The van der Waals surface area contributed by atoms with Crippen LogP contribution in [0.3, 0.4) is 0 Å². The van der Waals surface area contributed by atoms with E-state index in [1.165, 1.54) is 11.1 Å². The zero-order valence-corrected chi connectivity index (χ0v) is 19.2. The number of amides is 2. The third-order valence-electron chi connectivity index (χ3n) is 5.59. The van der Waals surface area contributed by atoms with E-state index in [1.54, 1.807) is 18.2 Å². The van der Waals surface area contributed by atoms with Crippen LogP contribution in [0.5, 0.6) is 11.5 Å². The molecule has 0 radical (unpaired) electrons. The second kappa shape index (κ2) is 11.5. The maximum absolute atomic E-state index is 12.6. The van der Waals surface area contributed by atoms with Crippen LogP contribution in [0.1, 0.15) is 35.3 Å². The minimum atomic E-state index is -0.305. The molecule has 2 aromatic rings. The lowest BCUT2D eigenvalue weighted by Gasteiger charge is -2.35. The summed E-state index contributed by atoms with van der Waals surface area (Å²) >= 11 is 0. The highest BCUT2D eigenvalue weighted by Gasteiger charge is 2.22. The van der Waals surface area contributed by atoms with Gasteiger partial charge in [0.15, 0.2) is 11.5 Å². The third kappa shape index (κ3) is 6.23. The van der Waals surface area contributed by atoms with Crippen LogP contribution in [-0.2, 0) is 11.3 Å². The Hall–Kier alpha value is -3.06. The second-order valence-corrected chi connectivity index (χ2v) is 7.79. The molecular weight excluding hydrogens is 406 g/mol. The van der Waals surface area contributed by atoms with Gasteiger partial charge in [0.2, 0.25) is 5.91 Å². The Bertz CT molecular complexity index is 923. The van der Waals surface area contributed by atoms with Gasteiger partial charge in [0.05, 0.1) is 19.8 Å². The first-order valence-corrected chi connectivity index (χ1v) is 11.2. The SMILES string of the molecule is CCOc1ccc(C(=O)NCC(=O)N2CCN(Cc3ccccc3C)CC2)cc1OCC. The van der Waals surface area contributed by atoms with E-state index >= 15 is 0 Å². The average molecular weight is 440 g/mol. The van der Waals surface area contributed by atoms with Gasteiger partial charge in [-0.3, -0.25) is 14.5 Å². The Balaban J connectivity index is 1.48. The summed E-state index contributed by atoms with van der Waals surface area (Å²) in [6.07, 6.45) is 0. The fourth-order valence-corrected chi connectivity index (χ4v) is 3.75. The van der Waals surface area contributed by atoms with Gasteiger partial charge in [0.25, 0.3) is 5.91 Å². The molecular formula is C25H33N3O4. The number of carbonyl (C=O) groups excluding carboxylic acids is 2. The molecule has 0 spiro atoms. The summed E-state index contributed by atoms with van der Waals surface area (Å²) in [5.74, 6) is 0.758. The van der Waals surface area contributed by atoms with Crippen LogP contribution in [-0.4, -0.2) is 67.6 Å². The number of nitrogens with zero attached hydrogens (tertiary/aromatic N) is 2. The van der Waals surface area contributed by atoms with Crippen molar-refractivity contribution in [2.75, 3.05) is 45.9 Å². The van der Waals surface area contributed by atoms with Crippen LogP contribution >= 0.6 is 0 Å². The van der Waals surface area contributed by atoms with Gasteiger partial charge >= 0.3 is 0 Å². The van der Waals surface area contributed by atoms with Crippen molar-refractivity contribution in [1.29, 1.82) is 0 Å². The van der Waals surface area contributed by atoms with Crippen LogP contribution in [0.2, 0.25) is 0 Å². The van der Waals surface area contributed by atoms with Crippen molar-refractivity contribution in [3.63, 3.8) is 0 Å². The normalized spacial score (nSPS) is 14.2. The Morgan fingerprint density at radius 3 is 2.31 bits per heavy atom. The van der Waals surface area contributed by atoms with Gasteiger partial charge in [-0.25, -0.2) is 0 Å². The monoisotopic (exact) mass is 439 g/mol. The minimum Gasteiger partial charge on any atom is -0.490 e. The van der Waals surface area contributed by atoms with Crippen LogP contribution in [0.15, 0.2) is 42.5 Å². The number of nitrogens with one attached hydrogen (secondary N) is 1. The lowest BCUT2D eigenvalue weighted by Crippen LogP contribution is -2.50. The van der Waals surface area contributed by atoms with Gasteiger partial charge in [0.1, 0.15) is 0 Å². The van der Waals surface area contributed by atoms with Crippen molar-refractivity contribution < 1.29 is 19.1 Å². The smallest absolute Gasteiger partial charge is 0.251 e. The summed E-state index contributed by atoms with van der Waals surface area (Å²) in [4.78, 5) is 29.3. The molecule has 1 aliphatic rings. The summed E-state index contributed by atoms with van der Waals surface area (Å²) in [5.41, 5.74) is 3.05. The van der Waals surface area contributed by atoms with Crippen molar-refractivity contribution in [1.82, 2.24) is 15.1 Å². The van der Waals surface area contributed by atoms with Crippen molar-refractivity contribution >= 4 is 11.8 Å². The molecule has 0 aliphatic carbocycles. The number of benzene rings is 2. The van der Waals surface area contributed by atoms with Crippen LogP contribution in [0.4, 0.5) is 0 Å². The predicted molar refractivity (Wildman–Crippen MR) is 124 cm³/mol. The Morgan fingerprint density at radius 1 is 0.938 bits per heavy atom. The number of carbonyl (C=O) groups is 2. The number of hydrogen-bond acceptors (Lipinski definition) is 5. The molecule has 0 aromatic heterocycles. The third-order valence-corrected chi connectivity index (χ3v) is 5.59. The van der Waals surface area contributed by atoms with Crippen molar-refractivity contribution in [2.24, 2.45) is 0 Å². The molecule has 32 heavy (non-hydrogen) atoms. The number of piperazine rings is 1. The molecule has 172 valence electrons. The summed E-state index contributed by atoms with van der Waals surface area (Å²) < 4.78 is 11.1. The van der Waals surface area contributed by atoms with E-state index in [1.807, 2.05) is 18.7 Å². The van der Waals surface area contributed by atoms with Crippen LogP contribution < -0.4 is 14.8 Å². The highest BCUT2D eigenvalue weighted by molar-refractivity contribution is 5.97. The molecule has 1 saturated heterocycles. The summed E-state index contributed by atoms with van der Waals surface area (Å²) in [6, 6.07) is 13.4. The maximum Gasteiger partial charge on any atom is 0.251 e. The van der Waals surface area contributed by atoms with Gasteiger partial charge in [-0.15, -0.1) is 0 Å². The van der Waals surface area contributed by atoms with Gasteiger partial charge < -0.3 is 19.7 Å². The van der Waals surface area contributed by atoms with Crippen molar-refractivity contribution in [3.05, 3.63) is 59.2 Å². The molecule has 3 rings (SSSR count). The molecule has 0 unspecified atom stereocenters. The van der Waals surface area contributed by atoms with Gasteiger partial charge in [0, 0.05) is 38.3 Å². The first-order valence-electron chi connectivity index (χ1n) is 11.2. The Morgan fingerprint density at radius 2 is 1.62 bits per heavy atom. The summed E-state index contributed by atoms with van der Waals surface area (Å²) in [7, 11) is 0. The molecule has 1 N–H and O–H groups in total. The average Bonchev–Trinajstić information content (AvgIpc) is 2.80. The molecule has 0 atom stereocenters. The minimum absolute atomic E-state index is 0.0200. The highest BCUT2D eigenvalue weighted by atomic mass is 16.5. The Kier molecular flexibility index (Phi) is 8.50. The van der Waals surface area contributed by atoms with Crippen molar-refractivity contribution in [2.45, 2.75) is 27.3 Å². The van der Waals surface area contributed by atoms with Gasteiger partial charge in [-0.1, -0.05) is 24.3 Å². The van der Waals surface area contributed by atoms with E-state index in [2.05, 4.69) is 41.4 Å². The van der Waals surface area contributed by atoms with E-state index in [0.29, 0.717) is 43.4 Å². The quantitative estimate of drug-likeness (QED) is 0.651. The molecule has 1 heterocycles. The van der Waals surface area contributed by atoms with Crippen LogP contribution in [0.25, 0.3) is 0 Å². The number of rotatable bonds is 9. The number of aryl methyl sites for hydroxylation is 1. The first kappa shape index (κ1) is 23.6. The molecule has 0 bridgehead atoms. The van der Waals surface area contributed by atoms with E-state index in [0.717, 1.165) is 19.6 Å². The van der Waals surface area contributed by atoms with Gasteiger partial charge in [-0.05, 0) is 50.1 Å². The fraction of sp³-hybridized carbons (Fsp3) is 0.440. The zero-order chi connectivity index (χ0) is 22.9. The molecule has 2 amide bonds. The highest BCUT2D eigenvalue weighted by Crippen LogP contribution is 2.28. The lowest BCUT2D eigenvalue weighted by atomic mass is 10.1. The van der Waals surface area contributed by atoms with E-state index < -0.39 is 0 Å².